The maximum absolute atomic E-state index is 6.06. The highest BCUT2D eigenvalue weighted by atomic mass is 35.5. The molecule has 0 radical (unpaired) electrons. The third kappa shape index (κ3) is 4.29. The van der Waals surface area contributed by atoms with Crippen molar-refractivity contribution in [3.63, 3.8) is 0 Å². The fourth-order valence-electron chi connectivity index (χ4n) is 1.21. The van der Waals surface area contributed by atoms with E-state index in [1.54, 1.807) is 0 Å². The molecule has 1 rings (SSSR count). The van der Waals surface area contributed by atoms with Gasteiger partial charge in [-0.05, 0) is 39.0 Å². The van der Waals surface area contributed by atoms with Gasteiger partial charge >= 0.3 is 0 Å². The second-order valence-electron chi connectivity index (χ2n) is 4.42. The molecule has 0 aromatic heterocycles. The van der Waals surface area contributed by atoms with Crippen LogP contribution >= 0.6 is 11.6 Å². The van der Waals surface area contributed by atoms with E-state index in [-0.39, 0.29) is 5.54 Å². The highest BCUT2D eigenvalue weighted by molar-refractivity contribution is 6.32. The van der Waals surface area contributed by atoms with Gasteiger partial charge in [-0.1, -0.05) is 11.6 Å². The van der Waals surface area contributed by atoms with E-state index in [1.807, 2.05) is 39.0 Å². The maximum atomic E-state index is 6.06. The van der Waals surface area contributed by atoms with Gasteiger partial charge in [0, 0.05) is 17.8 Å². The van der Waals surface area contributed by atoms with E-state index in [4.69, 9.17) is 22.1 Å². The Morgan fingerprint density at radius 1 is 1.44 bits per heavy atom. The van der Waals surface area contributed by atoms with E-state index in [0.717, 1.165) is 5.69 Å². The summed E-state index contributed by atoms with van der Waals surface area (Å²) in [5.41, 5.74) is 6.58. The van der Waals surface area contributed by atoms with E-state index < -0.39 is 0 Å². The molecule has 0 bridgehead atoms. The molecule has 1 aromatic rings. The zero-order valence-corrected chi connectivity index (χ0v) is 10.8. The Balaban J connectivity index is 2.66. The average molecular weight is 243 g/mol. The summed E-state index contributed by atoms with van der Waals surface area (Å²) in [5, 5.41) is 3.84. The molecule has 0 saturated heterocycles. The third-order valence-corrected chi connectivity index (χ3v) is 2.28. The Morgan fingerprint density at radius 2 is 2.12 bits per heavy atom. The largest absolute Gasteiger partial charge is 0.492 e. The van der Waals surface area contributed by atoms with Crippen molar-refractivity contribution in [1.29, 1.82) is 0 Å². The number of halogens is 1. The van der Waals surface area contributed by atoms with Crippen LogP contribution in [-0.2, 0) is 0 Å². The topological polar surface area (TPSA) is 47.3 Å². The molecule has 3 N–H and O–H groups in total. The number of nitrogens with one attached hydrogen (secondary N) is 1. The smallest absolute Gasteiger partial charge is 0.138 e. The van der Waals surface area contributed by atoms with E-state index >= 15 is 0 Å². The predicted molar refractivity (Wildman–Crippen MR) is 69.4 cm³/mol. The second-order valence-corrected chi connectivity index (χ2v) is 4.83. The zero-order valence-electron chi connectivity index (χ0n) is 10.0. The van der Waals surface area contributed by atoms with Gasteiger partial charge in [-0.25, -0.2) is 0 Å². The number of anilines is 1. The normalized spacial score (nSPS) is 11.3. The van der Waals surface area contributed by atoms with Crippen molar-refractivity contribution in [3.05, 3.63) is 23.2 Å². The number of rotatable bonds is 5. The van der Waals surface area contributed by atoms with Gasteiger partial charge in [0.25, 0.3) is 0 Å². The van der Waals surface area contributed by atoms with E-state index in [2.05, 4.69) is 5.32 Å². The van der Waals surface area contributed by atoms with Gasteiger partial charge in [-0.2, -0.15) is 0 Å². The monoisotopic (exact) mass is 242 g/mol. The Kier molecular flexibility index (Phi) is 4.44. The van der Waals surface area contributed by atoms with Crippen LogP contribution in [0.5, 0.6) is 5.75 Å². The Bertz CT molecular complexity index is 347. The maximum Gasteiger partial charge on any atom is 0.138 e. The SMILES string of the molecule is CCOc1ccc(NCC(C)(C)N)cc1Cl. The summed E-state index contributed by atoms with van der Waals surface area (Å²) in [6, 6.07) is 5.64. The number of ether oxygens (including phenoxy) is 1. The summed E-state index contributed by atoms with van der Waals surface area (Å²) in [4.78, 5) is 0. The van der Waals surface area contributed by atoms with Crippen molar-refractivity contribution < 1.29 is 4.74 Å². The summed E-state index contributed by atoms with van der Waals surface area (Å²) >= 11 is 6.06. The van der Waals surface area contributed by atoms with Crippen LogP contribution in [0.25, 0.3) is 0 Å². The van der Waals surface area contributed by atoms with Crippen molar-refractivity contribution in [2.45, 2.75) is 26.3 Å². The van der Waals surface area contributed by atoms with Crippen molar-refractivity contribution >= 4 is 17.3 Å². The fourth-order valence-corrected chi connectivity index (χ4v) is 1.45. The summed E-state index contributed by atoms with van der Waals surface area (Å²) < 4.78 is 5.35. The lowest BCUT2D eigenvalue weighted by Gasteiger charge is -2.20. The van der Waals surface area contributed by atoms with Crippen LogP contribution in [0.2, 0.25) is 5.02 Å². The van der Waals surface area contributed by atoms with Gasteiger partial charge in [-0.15, -0.1) is 0 Å². The first kappa shape index (κ1) is 13.1. The number of nitrogens with two attached hydrogens (primary N) is 1. The van der Waals surface area contributed by atoms with Gasteiger partial charge in [0.15, 0.2) is 0 Å². The Hall–Kier alpha value is -0.930. The first-order chi connectivity index (χ1) is 7.42. The van der Waals surface area contributed by atoms with E-state index in [0.29, 0.717) is 23.9 Å². The first-order valence-corrected chi connectivity index (χ1v) is 5.75. The van der Waals surface area contributed by atoms with Crippen LogP contribution < -0.4 is 15.8 Å². The van der Waals surface area contributed by atoms with Crippen LogP contribution in [0.15, 0.2) is 18.2 Å². The highest BCUT2D eigenvalue weighted by Gasteiger charge is 2.10. The molecular formula is C12H19ClN2O. The molecule has 4 heteroatoms. The molecule has 0 amide bonds. The standard InChI is InChI=1S/C12H19ClN2O/c1-4-16-11-6-5-9(7-10(11)13)15-8-12(2,3)14/h5-7,15H,4,8,14H2,1-3H3. The minimum Gasteiger partial charge on any atom is -0.492 e. The van der Waals surface area contributed by atoms with Crippen molar-refractivity contribution in [2.24, 2.45) is 5.73 Å². The highest BCUT2D eigenvalue weighted by Crippen LogP contribution is 2.27. The van der Waals surface area contributed by atoms with Gasteiger partial charge in [0.2, 0.25) is 0 Å². The summed E-state index contributed by atoms with van der Waals surface area (Å²) in [7, 11) is 0. The van der Waals surface area contributed by atoms with Gasteiger partial charge in [0.1, 0.15) is 5.75 Å². The van der Waals surface area contributed by atoms with Crippen LogP contribution in [0.4, 0.5) is 5.69 Å². The molecule has 3 nitrogen and oxygen atoms in total. The molecular weight excluding hydrogens is 224 g/mol. The number of hydrogen-bond donors (Lipinski definition) is 2. The lowest BCUT2D eigenvalue weighted by atomic mass is 10.1. The minimum absolute atomic E-state index is 0.245. The summed E-state index contributed by atoms with van der Waals surface area (Å²) in [6.07, 6.45) is 0. The molecule has 0 spiro atoms. The van der Waals surface area contributed by atoms with Crippen LogP contribution in [0.1, 0.15) is 20.8 Å². The average Bonchev–Trinajstić information content (AvgIpc) is 2.18. The zero-order chi connectivity index (χ0) is 12.2. The predicted octanol–water partition coefficient (Wildman–Crippen LogP) is 2.89. The summed E-state index contributed by atoms with van der Waals surface area (Å²) in [6.45, 7) is 7.17. The second kappa shape index (κ2) is 5.41. The number of benzene rings is 1. The molecule has 0 saturated carbocycles. The Labute approximate surface area is 102 Å². The van der Waals surface area contributed by atoms with Crippen molar-refractivity contribution in [3.8, 4) is 5.75 Å². The van der Waals surface area contributed by atoms with E-state index in [9.17, 15) is 0 Å². The molecule has 0 fully saturated rings. The molecule has 0 heterocycles. The lowest BCUT2D eigenvalue weighted by Crippen LogP contribution is -2.39. The number of hydrogen-bond acceptors (Lipinski definition) is 3. The molecule has 1 aromatic carbocycles. The van der Waals surface area contributed by atoms with Crippen molar-refractivity contribution in [2.75, 3.05) is 18.5 Å². The molecule has 0 aliphatic rings. The quantitative estimate of drug-likeness (QED) is 0.835. The minimum atomic E-state index is -0.245. The molecule has 0 aliphatic heterocycles. The fraction of sp³-hybridized carbons (Fsp3) is 0.500. The van der Waals surface area contributed by atoms with Crippen LogP contribution in [-0.4, -0.2) is 18.7 Å². The molecule has 16 heavy (non-hydrogen) atoms. The molecule has 90 valence electrons. The van der Waals surface area contributed by atoms with Crippen molar-refractivity contribution in [1.82, 2.24) is 0 Å². The first-order valence-electron chi connectivity index (χ1n) is 5.37. The van der Waals surface area contributed by atoms with Gasteiger partial charge in [-0.3, -0.25) is 0 Å². The van der Waals surface area contributed by atoms with E-state index in [1.165, 1.54) is 0 Å². The molecule has 0 aliphatic carbocycles. The molecule has 0 unspecified atom stereocenters. The van der Waals surface area contributed by atoms with Gasteiger partial charge < -0.3 is 15.8 Å². The lowest BCUT2D eigenvalue weighted by molar-refractivity contribution is 0.340. The summed E-state index contributed by atoms with van der Waals surface area (Å²) in [5.74, 6) is 0.710. The Morgan fingerprint density at radius 3 is 2.62 bits per heavy atom. The molecule has 0 atom stereocenters. The van der Waals surface area contributed by atoms with Crippen LogP contribution in [0, 0.1) is 0 Å². The third-order valence-electron chi connectivity index (χ3n) is 1.98. The van der Waals surface area contributed by atoms with Crippen LogP contribution in [0.3, 0.4) is 0 Å². The van der Waals surface area contributed by atoms with Gasteiger partial charge in [0.05, 0.1) is 11.6 Å².